The second kappa shape index (κ2) is 7.95. The maximum absolute atomic E-state index is 12.2. The Bertz CT molecular complexity index is 359. The van der Waals surface area contributed by atoms with Crippen molar-refractivity contribution in [3.63, 3.8) is 0 Å². The largest absolute Gasteiger partial charge is 0.342 e. The van der Waals surface area contributed by atoms with Gasteiger partial charge in [0.15, 0.2) is 0 Å². The van der Waals surface area contributed by atoms with Gasteiger partial charge in [0.2, 0.25) is 5.91 Å². The van der Waals surface area contributed by atoms with Crippen LogP contribution < -0.4 is 5.32 Å². The molecule has 0 aromatic rings. The number of halogens is 1. The molecule has 3 fully saturated rings. The number of hydrogen-bond acceptors (Lipinski definition) is 4. The molecule has 0 aromatic heterocycles. The molecule has 0 radical (unpaired) electrons. The number of nitrogens with one attached hydrogen (secondary N) is 1. The van der Waals surface area contributed by atoms with Crippen molar-refractivity contribution in [3.05, 3.63) is 0 Å². The van der Waals surface area contributed by atoms with Gasteiger partial charge in [-0.1, -0.05) is 6.92 Å². The van der Waals surface area contributed by atoms with Crippen LogP contribution in [0.15, 0.2) is 0 Å². The van der Waals surface area contributed by atoms with Crippen molar-refractivity contribution < 1.29 is 4.79 Å². The molecular weight excluding hydrogens is 300 g/mol. The molecule has 0 bridgehead atoms. The highest BCUT2D eigenvalue weighted by Crippen LogP contribution is 2.26. The average molecular weight is 331 g/mol. The molecule has 0 saturated carbocycles. The first-order valence-electron chi connectivity index (χ1n) is 8.58. The molecule has 0 aliphatic carbocycles. The first-order valence-corrected chi connectivity index (χ1v) is 8.58. The van der Waals surface area contributed by atoms with Crippen LogP contribution in [0, 0.1) is 5.41 Å². The number of carbonyl (C=O) groups excluding carboxylic acids is 1. The summed E-state index contributed by atoms with van der Waals surface area (Å²) in [5, 5.41) is 3.48. The van der Waals surface area contributed by atoms with Crippen molar-refractivity contribution in [1.29, 1.82) is 0 Å². The van der Waals surface area contributed by atoms with Crippen LogP contribution in [0.3, 0.4) is 0 Å². The van der Waals surface area contributed by atoms with Crippen LogP contribution in [-0.2, 0) is 4.79 Å². The number of carbonyl (C=O) groups is 1. The van der Waals surface area contributed by atoms with Crippen molar-refractivity contribution in [2.45, 2.75) is 26.2 Å². The highest BCUT2D eigenvalue weighted by Gasteiger charge is 2.32. The minimum absolute atomic E-state index is 0. The van der Waals surface area contributed by atoms with E-state index in [1.165, 1.54) is 32.4 Å². The lowest BCUT2D eigenvalue weighted by atomic mass is 9.89. The van der Waals surface area contributed by atoms with E-state index in [9.17, 15) is 4.79 Å². The van der Waals surface area contributed by atoms with Crippen molar-refractivity contribution in [1.82, 2.24) is 20.0 Å². The van der Waals surface area contributed by atoms with Gasteiger partial charge in [-0.2, -0.15) is 0 Å². The normalized spacial score (nSPS) is 30.5. The number of hydrogen-bond donors (Lipinski definition) is 1. The van der Waals surface area contributed by atoms with Crippen LogP contribution in [0.2, 0.25) is 0 Å². The van der Waals surface area contributed by atoms with E-state index in [0.717, 1.165) is 45.8 Å². The van der Waals surface area contributed by atoms with Crippen LogP contribution in [0.25, 0.3) is 0 Å². The quantitative estimate of drug-likeness (QED) is 0.821. The topological polar surface area (TPSA) is 38.8 Å². The summed E-state index contributed by atoms with van der Waals surface area (Å²) in [6.45, 7) is 12.8. The van der Waals surface area contributed by atoms with Gasteiger partial charge < -0.3 is 15.1 Å². The minimum atomic E-state index is 0. The molecule has 6 heteroatoms. The van der Waals surface area contributed by atoms with Gasteiger partial charge in [-0.3, -0.25) is 9.69 Å². The first-order chi connectivity index (χ1) is 10.1. The number of amides is 1. The molecule has 5 nitrogen and oxygen atoms in total. The van der Waals surface area contributed by atoms with Crippen LogP contribution in [0.1, 0.15) is 26.2 Å². The van der Waals surface area contributed by atoms with E-state index in [2.05, 4.69) is 22.0 Å². The Balaban J connectivity index is 0.00000176. The molecule has 3 aliphatic rings. The lowest BCUT2D eigenvalue weighted by Crippen LogP contribution is -2.52. The zero-order valence-electron chi connectivity index (χ0n) is 13.9. The molecule has 128 valence electrons. The monoisotopic (exact) mass is 330 g/mol. The summed E-state index contributed by atoms with van der Waals surface area (Å²) in [6.07, 6.45) is 3.67. The molecule has 3 rings (SSSR count). The standard InChI is InChI=1S/C16H30N4O.ClH/c1-16(4-5-17-13-16)14-19-10-8-18(9-11-19)12-15(21)20-6-2-3-7-20;/h17H,2-14H2,1H3;1H. The zero-order chi connectivity index (χ0) is 14.7. The fourth-order valence-electron chi connectivity index (χ4n) is 3.91. The Kier molecular flexibility index (Phi) is 6.50. The number of rotatable bonds is 4. The summed E-state index contributed by atoms with van der Waals surface area (Å²) >= 11 is 0. The van der Waals surface area contributed by atoms with Crippen molar-refractivity contribution in [3.8, 4) is 0 Å². The smallest absolute Gasteiger partial charge is 0.236 e. The molecule has 3 aliphatic heterocycles. The minimum Gasteiger partial charge on any atom is -0.342 e. The van der Waals surface area contributed by atoms with Gasteiger partial charge in [0.1, 0.15) is 0 Å². The van der Waals surface area contributed by atoms with Crippen molar-refractivity contribution in [2.75, 3.05) is 65.4 Å². The van der Waals surface area contributed by atoms with Gasteiger partial charge in [-0.15, -0.1) is 12.4 Å². The molecular formula is C16H31ClN4O. The van der Waals surface area contributed by atoms with Gasteiger partial charge >= 0.3 is 0 Å². The summed E-state index contributed by atoms with van der Waals surface area (Å²) in [4.78, 5) is 19.2. The van der Waals surface area contributed by atoms with Gasteiger partial charge in [0.05, 0.1) is 6.54 Å². The highest BCUT2D eigenvalue weighted by molar-refractivity contribution is 5.85. The SMILES string of the molecule is CC1(CN2CCN(CC(=O)N3CCCC3)CC2)CCNC1.Cl. The van der Waals surface area contributed by atoms with E-state index in [-0.39, 0.29) is 12.4 Å². The van der Waals surface area contributed by atoms with Crippen LogP contribution in [-0.4, -0.2) is 86.1 Å². The predicted octanol–water partition coefficient (Wildman–Crippen LogP) is 0.648. The van der Waals surface area contributed by atoms with Gasteiger partial charge in [-0.25, -0.2) is 0 Å². The summed E-state index contributed by atoms with van der Waals surface area (Å²) in [5.41, 5.74) is 0.452. The molecule has 3 heterocycles. The fraction of sp³-hybridized carbons (Fsp3) is 0.938. The van der Waals surface area contributed by atoms with E-state index < -0.39 is 0 Å². The zero-order valence-corrected chi connectivity index (χ0v) is 14.7. The molecule has 1 atom stereocenters. The van der Waals surface area contributed by atoms with Crippen LogP contribution in [0.5, 0.6) is 0 Å². The second-order valence-electron chi connectivity index (χ2n) is 7.38. The van der Waals surface area contributed by atoms with Crippen molar-refractivity contribution >= 4 is 18.3 Å². The molecule has 1 amide bonds. The van der Waals surface area contributed by atoms with Gasteiger partial charge in [-0.05, 0) is 31.2 Å². The molecule has 1 unspecified atom stereocenters. The maximum atomic E-state index is 12.2. The summed E-state index contributed by atoms with van der Waals surface area (Å²) < 4.78 is 0. The van der Waals surface area contributed by atoms with Crippen molar-refractivity contribution in [2.24, 2.45) is 5.41 Å². The molecule has 3 saturated heterocycles. The predicted molar refractivity (Wildman–Crippen MR) is 91.5 cm³/mol. The third-order valence-corrected chi connectivity index (χ3v) is 5.34. The summed E-state index contributed by atoms with van der Waals surface area (Å²) in [7, 11) is 0. The Morgan fingerprint density at radius 3 is 2.27 bits per heavy atom. The van der Waals surface area contributed by atoms with E-state index in [0.29, 0.717) is 17.9 Å². The van der Waals surface area contributed by atoms with E-state index in [1.807, 2.05) is 4.90 Å². The van der Waals surface area contributed by atoms with E-state index in [4.69, 9.17) is 0 Å². The number of nitrogens with zero attached hydrogens (tertiary/aromatic N) is 3. The fourth-order valence-corrected chi connectivity index (χ4v) is 3.91. The van der Waals surface area contributed by atoms with Crippen LogP contribution >= 0.6 is 12.4 Å². The highest BCUT2D eigenvalue weighted by atomic mass is 35.5. The third-order valence-electron chi connectivity index (χ3n) is 5.34. The Labute approximate surface area is 140 Å². The average Bonchev–Trinajstić information content (AvgIpc) is 3.13. The van der Waals surface area contributed by atoms with Crippen LogP contribution in [0.4, 0.5) is 0 Å². The third kappa shape index (κ3) is 4.57. The molecule has 1 N–H and O–H groups in total. The Morgan fingerprint density at radius 2 is 1.68 bits per heavy atom. The maximum Gasteiger partial charge on any atom is 0.236 e. The molecule has 22 heavy (non-hydrogen) atoms. The summed E-state index contributed by atoms with van der Waals surface area (Å²) in [6, 6.07) is 0. The summed E-state index contributed by atoms with van der Waals surface area (Å²) in [5.74, 6) is 0.341. The number of piperazine rings is 1. The molecule has 0 spiro atoms. The first kappa shape index (κ1) is 18.0. The van der Waals surface area contributed by atoms with E-state index in [1.54, 1.807) is 0 Å². The second-order valence-corrected chi connectivity index (χ2v) is 7.38. The lowest BCUT2D eigenvalue weighted by molar-refractivity contribution is -0.131. The number of likely N-dealkylation sites (tertiary alicyclic amines) is 1. The lowest BCUT2D eigenvalue weighted by Gasteiger charge is -2.38. The Hall–Kier alpha value is -0.360. The van der Waals surface area contributed by atoms with Gasteiger partial charge in [0.25, 0.3) is 0 Å². The molecule has 0 aromatic carbocycles. The Morgan fingerprint density at radius 1 is 1.05 bits per heavy atom. The van der Waals surface area contributed by atoms with E-state index >= 15 is 0 Å². The van der Waals surface area contributed by atoms with Gasteiger partial charge in [0, 0.05) is 52.4 Å².